The maximum absolute atomic E-state index is 13.6. The molecule has 1 aromatic carbocycles. The van der Waals surface area contributed by atoms with E-state index in [0.717, 1.165) is 6.54 Å². The van der Waals surface area contributed by atoms with Crippen molar-refractivity contribution in [2.24, 2.45) is 5.92 Å². The smallest absolute Gasteiger partial charge is 0.144 e. The molecule has 1 N–H and O–H groups in total. The Bertz CT molecular complexity index is 389. The SMILES string of the molecule is Fc1ccc(Br)c(F)c1CNCC1CCCC1. The van der Waals surface area contributed by atoms with E-state index in [0.29, 0.717) is 10.4 Å². The zero-order chi connectivity index (χ0) is 12.3. The van der Waals surface area contributed by atoms with Crippen molar-refractivity contribution in [1.29, 1.82) is 0 Å². The summed E-state index contributed by atoms with van der Waals surface area (Å²) in [5.74, 6) is -0.304. The molecule has 1 nitrogen and oxygen atoms in total. The molecule has 1 aliphatic rings. The second-order valence-corrected chi connectivity index (χ2v) is 5.46. The van der Waals surface area contributed by atoms with E-state index in [4.69, 9.17) is 0 Å². The summed E-state index contributed by atoms with van der Waals surface area (Å²) in [6.45, 7) is 1.11. The number of hydrogen-bond donors (Lipinski definition) is 1. The Kier molecular flexibility index (Phi) is 4.51. The molecule has 0 radical (unpaired) electrons. The number of halogens is 3. The summed E-state index contributed by atoms with van der Waals surface area (Å²) in [5, 5.41) is 3.15. The van der Waals surface area contributed by atoms with E-state index in [-0.39, 0.29) is 12.1 Å². The maximum atomic E-state index is 13.6. The molecule has 0 aliphatic heterocycles. The Labute approximate surface area is 109 Å². The Morgan fingerprint density at radius 3 is 2.65 bits per heavy atom. The summed E-state index contributed by atoms with van der Waals surface area (Å²) in [7, 11) is 0. The molecule has 94 valence electrons. The third kappa shape index (κ3) is 3.26. The quantitative estimate of drug-likeness (QED) is 0.829. The lowest BCUT2D eigenvalue weighted by Gasteiger charge is -2.12. The highest BCUT2D eigenvalue weighted by Gasteiger charge is 2.16. The van der Waals surface area contributed by atoms with Gasteiger partial charge in [-0.3, -0.25) is 0 Å². The summed E-state index contributed by atoms with van der Waals surface area (Å²) in [4.78, 5) is 0. The van der Waals surface area contributed by atoms with Crippen LogP contribution < -0.4 is 5.32 Å². The highest BCUT2D eigenvalue weighted by molar-refractivity contribution is 9.10. The minimum atomic E-state index is -0.496. The van der Waals surface area contributed by atoms with Crippen molar-refractivity contribution in [1.82, 2.24) is 5.32 Å². The zero-order valence-corrected chi connectivity index (χ0v) is 11.2. The number of rotatable bonds is 4. The molecule has 1 saturated carbocycles. The highest BCUT2D eigenvalue weighted by atomic mass is 79.9. The van der Waals surface area contributed by atoms with Gasteiger partial charge in [0.15, 0.2) is 0 Å². The minimum Gasteiger partial charge on any atom is -0.312 e. The molecule has 0 unspecified atom stereocenters. The maximum Gasteiger partial charge on any atom is 0.144 e. The highest BCUT2D eigenvalue weighted by Crippen LogP contribution is 2.24. The number of nitrogens with one attached hydrogen (secondary N) is 1. The van der Waals surface area contributed by atoms with Crippen LogP contribution in [0.25, 0.3) is 0 Å². The van der Waals surface area contributed by atoms with Gasteiger partial charge in [-0.2, -0.15) is 0 Å². The van der Waals surface area contributed by atoms with Gasteiger partial charge in [-0.05, 0) is 53.4 Å². The summed E-state index contributed by atoms with van der Waals surface area (Å²) < 4.78 is 27.4. The van der Waals surface area contributed by atoms with Crippen molar-refractivity contribution in [2.45, 2.75) is 32.2 Å². The molecule has 1 aromatic rings. The predicted molar refractivity (Wildman–Crippen MR) is 67.7 cm³/mol. The Morgan fingerprint density at radius 1 is 1.24 bits per heavy atom. The second kappa shape index (κ2) is 5.91. The van der Waals surface area contributed by atoms with Gasteiger partial charge in [-0.15, -0.1) is 0 Å². The molecular formula is C13H16BrF2N. The molecular weight excluding hydrogens is 288 g/mol. The summed E-state index contributed by atoms with van der Waals surface area (Å²) in [6.07, 6.45) is 5.03. The van der Waals surface area contributed by atoms with Crippen LogP contribution in [0.4, 0.5) is 8.78 Å². The van der Waals surface area contributed by atoms with Gasteiger partial charge in [0, 0.05) is 12.1 Å². The topological polar surface area (TPSA) is 12.0 Å². The van der Waals surface area contributed by atoms with Crippen LogP contribution in [-0.2, 0) is 6.54 Å². The predicted octanol–water partition coefficient (Wildman–Crippen LogP) is 4.01. The van der Waals surface area contributed by atoms with Crippen molar-refractivity contribution < 1.29 is 8.78 Å². The first kappa shape index (κ1) is 13.0. The molecule has 0 spiro atoms. The van der Waals surface area contributed by atoms with Crippen LogP contribution in [0.15, 0.2) is 16.6 Å². The second-order valence-electron chi connectivity index (χ2n) is 4.60. The third-order valence-corrected chi connectivity index (χ3v) is 3.96. The van der Waals surface area contributed by atoms with Crippen LogP contribution in [0.5, 0.6) is 0 Å². The van der Waals surface area contributed by atoms with Crippen molar-refractivity contribution >= 4 is 15.9 Å². The molecule has 0 amide bonds. The van der Waals surface area contributed by atoms with Crippen LogP contribution in [0.2, 0.25) is 0 Å². The van der Waals surface area contributed by atoms with E-state index < -0.39 is 11.6 Å². The first-order valence-electron chi connectivity index (χ1n) is 6.01. The van der Waals surface area contributed by atoms with Gasteiger partial charge in [-0.1, -0.05) is 12.8 Å². The van der Waals surface area contributed by atoms with E-state index >= 15 is 0 Å². The first-order valence-corrected chi connectivity index (χ1v) is 6.81. The minimum absolute atomic E-state index is 0.123. The fourth-order valence-corrected chi connectivity index (χ4v) is 2.72. The fourth-order valence-electron chi connectivity index (χ4n) is 2.35. The lowest BCUT2D eigenvalue weighted by molar-refractivity contribution is 0.471. The van der Waals surface area contributed by atoms with Crippen molar-refractivity contribution in [3.05, 3.63) is 33.8 Å². The van der Waals surface area contributed by atoms with E-state index in [1.165, 1.54) is 37.8 Å². The Morgan fingerprint density at radius 2 is 1.94 bits per heavy atom. The van der Waals surface area contributed by atoms with Gasteiger partial charge in [-0.25, -0.2) is 8.78 Å². The largest absolute Gasteiger partial charge is 0.312 e. The molecule has 4 heteroatoms. The van der Waals surface area contributed by atoms with Gasteiger partial charge >= 0.3 is 0 Å². The van der Waals surface area contributed by atoms with Gasteiger partial charge in [0.2, 0.25) is 0 Å². The lowest BCUT2D eigenvalue weighted by atomic mass is 10.1. The van der Waals surface area contributed by atoms with Crippen LogP contribution >= 0.6 is 15.9 Å². The summed E-state index contributed by atoms with van der Waals surface area (Å²) >= 11 is 3.07. The summed E-state index contributed by atoms with van der Waals surface area (Å²) in [5.41, 5.74) is 0.123. The molecule has 0 atom stereocenters. The molecule has 0 saturated heterocycles. The fraction of sp³-hybridized carbons (Fsp3) is 0.538. The van der Waals surface area contributed by atoms with Crippen molar-refractivity contribution in [3.63, 3.8) is 0 Å². The van der Waals surface area contributed by atoms with E-state index in [9.17, 15) is 8.78 Å². The molecule has 0 heterocycles. The van der Waals surface area contributed by atoms with Gasteiger partial charge < -0.3 is 5.32 Å². The van der Waals surface area contributed by atoms with E-state index in [1.54, 1.807) is 0 Å². The van der Waals surface area contributed by atoms with Crippen LogP contribution in [0.1, 0.15) is 31.2 Å². The third-order valence-electron chi connectivity index (χ3n) is 3.35. The Balaban J connectivity index is 1.91. The number of benzene rings is 1. The summed E-state index contributed by atoms with van der Waals surface area (Å²) in [6, 6.07) is 2.69. The van der Waals surface area contributed by atoms with Gasteiger partial charge in [0.05, 0.1) is 4.47 Å². The zero-order valence-electron chi connectivity index (χ0n) is 9.61. The molecule has 0 bridgehead atoms. The molecule has 2 rings (SSSR count). The van der Waals surface area contributed by atoms with Crippen LogP contribution in [0, 0.1) is 17.6 Å². The monoisotopic (exact) mass is 303 g/mol. The molecule has 1 fully saturated rings. The average Bonchev–Trinajstić information content (AvgIpc) is 2.81. The van der Waals surface area contributed by atoms with E-state index in [2.05, 4.69) is 21.2 Å². The normalized spacial score (nSPS) is 16.6. The molecule has 17 heavy (non-hydrogen) atoms. The Hall–Kier alpha value is -0.480. The number of hydrogen-bond acceptors (Lipinski definition) is 1. The molecule has 0 aromatic heterocycles. The van der Waals surface area contributed by atoms with Crippen molar-refractivity contribution in [3.8, 4) is 0 Å². The van der Waals surface area contributed by atoms with Gasteiger partial charge in [0.1, 0.15) is 11.6 Å². The van der Waals surface area contributed by atoms with Crippen LogP contribution in [0.3, 0.4) is 0 Å². The molecule has 1 aliphatic carbocycles. The lowest BCUT2D eigenvalue weighted by Crippen LogP contribution is -2.22. The van der Waals surface area contributed by atoms with Crippen molar-refractivity contribution in [2.75, 3.05) is 6.54 Å². The first-order chi connectivity index (χ1) is 8.18. The van der Waals surface area contributed by atoms with Gasteiger partial charge in [0.25, 0.3) is 0 Å². The van der Waals surface area contributed by atoms with E-state index in [1.807, 2.05) is 0 Å². The standard InChI is InChI=1S/C13H16BrF2N/c14-11-5-6-12(15)10(13(11)16)8-17-7-9-3-1-2-4-9/h5-6,9,17H,1-4,7-8H2. The average molecular weight is 304 g/mol. The van der Waals surface area contributed by atoms with Crippen LogP contribution in [-0.4, -0.2) is 6.54 Å².